The Morgan fingerprint density at radius 1 is 1.53 bits per heavy atom. The van der Waals surface area contributed by atoms with Gasteiger partial charge in [0.2, 0.25) is 5.09 Å². The molecule has 1 aromatic rings. The molecular formula is C12H20N2O4S. The Morgan fingerprint density at radius 3 is 2.95 bits per heavy atom. The van der Waals surface area contributed by atoms with Crippen molar-refractivity contribution in [3.8, 4) is 0 Å². The summed E-state index contributed by atoms with van der Waals surface area (Å²) in [4.78, 5) is 2.27. The number of sulfonamides is 1. The monoisotopic (exact) mass is 288 g/mol. The van der Waals surface area contributed by atoms with Gasteiger partial charge in [-0.1, -0.05) is 6.92 Å². The zero-order chi connectivity index (χ0) is 13.9. The van der Waals surface area contributed by atoms with Gasteiger partial charge in [0.1, 0.15) is 12.4 Å². The fourth-order valence-corrected chi connectivity index (χ4v) is 3.43. The van der Waals surface area contributed by atoms with Gasteiger partial charge >= 0.3 is 0 Å². The molecular weight excluding hydrogens is 268 g/mol. The van der Waals surface area contributed by atoms with Gasteiger partial charge in [-0.15, -0.1) is 0 Å². The van der Waals surface area contributed by atoms with Crippen molar-refractivity contribution in [2.45, 2.75) is 37.5 Å². The first-order valence-corrected chi connectivity index (χ1v) is 7.98. The lowest BCUT2D eigenvalue weighted by Gasteiger charge is -2.22. The molecule has 0 amide bonds. The average molecular weight is 288 g/mol. The van der Waals surface area contributed by atoms with Gasteiger partial charge in [-0.05, 0) is 38.1 Å². The molecule has 1 atom stereocenters. The third-order valence-electron chi connectivity index (χ3n) is 3.47. The normalized spacial score (nSPS) is 21.1. The predicted molar refractivity (Wildman–Crippen MR) is 70.1 cm³/mol. The molecule has 1 unspecified atom stereocenters. The molecule has 0 aromatic carbocycles. The summed E-state index contributed by atoms with van der Waals surface area (Å²) in [5.41, 5.74) is 0. The number of furan rings is 1. The molecule has 108 valence electrons. The first-order valence-electron chi connectivity index (χ1n) is 6.50. The summed E-state index contributed by atoms with van der Waals surface area (Å²) in [6.45, 7) is 4.13. The topological polar surface area (TPSA) is 82.8 Å². The molecule has 1 fully saturated rings. The molecule has 1 saturated heterocycles. The van der Waals surface area contributed by atoms with Crippen LogP contribution in [0, 0.1) is 0 Å². The van der Waals surface area contributed by atoms with Gasteiger partial charge in [-0.3, -0.25) is 4.90 Å². The maximum atomic E-state index is 12.0. The molecule has 0 radical (unpaired) electrons. The van der Waals surface area contributed by atoms with Crippen LogP contribution in [-0.4, -0.2) is 44.1 Å². The number of rotatable bonds is 6. The van der Waals surface area contributed by atoms with E-state index < -0.39 is 10.0 Å². The van der Waals surface area contributed by atoms with Gasteiger partial charge in [0.25, 0.3) is 10.0 Å². The summed E-state index contributed by atoms with van der Waals surface area (Å²) in [5, 5.41) is 8.73. The molecule has 1 aliphatic rings. The lowest BCUT2D eigenvalue weighted by molar-refractivity contribution is 0.236. The van der Waals surface area contributed by atoms with E-state index in [0.717, 1.165) is 25.9 Å². The van der Waals surface area contributed by atoms with E-state index in [2.05, 4.69) is 16.5 Å². The van der Waals surface area contributed by atoms with E-state index in [4.69, 9.17) is 9.52 Å². The van der Waals surface area contributed by atoms with Gasteiger partial charge in [-0.2, -0.15) is 0 Å². The first-order chi connectivity index (χ1) is 9.06. The number of aliphatic hydroxyl groups excluding tert-OH is 1. The van der Waals surface area contributed by atoms with E-state index in [1.54, 1.807) is 0 Å². The van der Waals surface area contributed by atoms with Gasteiger partial charge in [0.15, 0.2) is 0 Å². The average Bonchev–Trinajstić information content (AvgIpc) is 3.05. The Bertz CT molecular complexity index is 512. The van der Waals surface area contributed by atoms with Crippen LogP contribution in [0.1, 0.15) is 25.5 Å². The molecule has 19 heavy (non-hydrogen) atoms. The zero-order valence-electron chi connectivity index (χ0n) is 11.0. The summed E-state index contributed by atoms with van der Waals surface area (Å²) in [5.74, 6) is 0.247. The molecule has 1 aliphatic heterocycles. The van der Waals surface area contributed by atoms with Crippen molar-refractivity contribution < 1.29 is 17.9 Å². The smallest absolute Gasteiger partial charge is 0.274 e. The van der Waals surface area contributed by atoms with Crippen molar-refractivity contribution in [2.24, 2.45) is 0 Å². The Hall–Kier alpha value is -0.890. The maximum absolute atomic E-state index is 12.0. The predicted octanol–water partition coefficient (Wildman–Crippen LogP) is 0.534. The second-order valence-corrected chi connectivity index (χ2v) is 6.35. The highest BCUT2D eigenvalue weighted by atomic mass is 32.2. The van der Waals surface area contributed by atoms with Crippen LogP contribution >= 0.6 is 0 Å². The second kappa shape index (κ2) is 6.04. The van der Waals surface area contributed by atoms with E-state index in [0.29, 0.717) is 6.54 Å². The Morgan fingerprint density at radius 2 is 2.32 bits per heavy atom. The zero-order valence-corrected chi connectivity index (χ0v) is 11.8. The summed E-state index contributed by atoms with van der Waals surface area (Å²) in [6, 6.07) is 3.08. The van der Waals surface area contributed by atoms with Crippen molar-refractivity contribution in [1.82, 2.24) is 9.62 Å². The Kier molecular flexibility index (Phi) is 4.62. The van der Waals surface area contributed by atoms with Gasteiger partial charge in [0.05, 0.1) is 0 Å². The standard InChI is InChI=1S/C12H20N2O4S/c1-2-14-7-3-4-10(14)8-13-19(16,17)12-6-5-11(9-15)18-12/h5-6,10,13,15H,2-4,7-9H2,1H3. The second-order valence-electron chi connectivity index (χ2n) is 4.66. The minimum atomic E-state index is -3.62. The fraction of sp³-hybridized carbons (Fsp3) is 0.667. The Labute approximate surface area is 113 Å². The minimum absolute atomic E-state index is 0.141. The van der Waals surface area contributed by atoms with Crippen LogP contribution in [0.5, 0.6) is 0 Å². The minimum Gasteiger partial charge on any atom is -0.446 e. The molecule has 0 bridgehead atoms. The molecule has 2 N–H and O–H groups in total. The van der Waals surface area contributed by atoms with E-state index in [9.17, 15) is 8.42 Å². The molecule has 1 aromatic heterocycles. The van der Waals surface area contributed by atoms with Crippen molar-refractivity contribution in [3.63, 3.8) is 0 Å². The lowest BCUT2D eigenvalue weighted by atomic mass is 10.2. The van der Waals surface area contributed by atoms with E-state index in [1.807, 2.05) is 0 Å². The summed E-state index contributed by atoms with van der Waals surface area (Å²) in [7, 11) is -3.62. The SMILES string of the molecule is CCN1CCCC1CNS(=O)(=O)c1ccc(CO)o1. The highest BCUT2D eigenvalue weighted by Crippen LogP contribution is 2.17. The van der Waals surface area contributed by atoms with E-state index in [-0.39, 0.29) is 23.5 Å². The third-order valence-corrected chi connectivity index (χ3v) is 4.77. The molecule has 7 heteroatoms. The summed E-state index contributed by atoms with van der Waals surface area (Å²) < 4.78 is 31.6. The van der Waals surface area contributed by atoms with Crippen molar-refractivity contribution in [1.29, 1.82) is 0 Å². The highest BCUT2D eigenvalue weighted by molar-refractivity contribution is 7.89. The Balaban J connectivity index is 1.97. The third kappa shape index (κ3) is 3.36. The van der Waals surface area contributed by atoms with E-state index >= 15 is 0 Å². The van der Waals surface area contributed by atoms with Crippen molar-refractivity contribution >= 4 is 10.0 Å². The first kappa shape index (κ1) is 14.5. The molecule has 0 spiro atoms. The van der Waals surface area contributed by atoms with Gasteiger partial charge in [-0.25, -0.2) is 13.1 Å². The fourth-order valence-electron chi connectivity index (χ4n) is 2.41. The van der Waals surface area contributed by atoms with Gasteiger partial charge in [0, 0.05) is 12.6 Å². The highest BCUT2D eigenvalue weighted by Gasteiger charge is 2.26. The quantitative estimate of drug-likeness (QED) is 0.798. The van der Waals surface area contributed by atoms with Crippen molar-refractivity contribution in [2.75, 3.05) is 19.6 Å². The largest absolute Gasteiger partial charge is 0.446 e. The molecule has 0 saturated carbocycles. The van der Waals surface area contributed by atoms with E-state index in [1.165, 1.54) is 12.1 Å². The van der Waals surface area contributed by atoms with Crippen LogP contribution in [0.25, 0.3) is 0 Å². The molecule has 2 heterocycles. The summed E-state index contributed by atoms with van der Waals surface area (Å²) in [6.07, 6.45) is 2.12. The van der Waals surface area contributed by atoms with Crippen LogP contribution in [0.2, 0.25) is 0 Å². The number of hydrogen-bond acceptors (Lipinski definition) is 5. The molecule has 6 nitrogen and oxygen atoms in total. The van der Waals surface area contributed by atoms with Crippen LogP contribution in [0.15, 0.2) is 21.6 Å². The molecule has 2 rings (SSSR count). The van der Waals surface area contributed by atoms with Crippen LogP contribution in [0.4, 0.5) is 0 Å². The number of likely N-dealkylation sites (tertiary alicyclic amines) is 1. The van der Waals surface area contributed by atoms with Gasteiger partial charge < -0.3 is 9.52 Å². The number of likely N-dealkylation sites (N-methyl/N-ethyl adjacent to an activating group) is 1. The number of hydrogen-bond donors (Lipinski definition) is 2. The van der Waals surface area contributed by atoms with Crippen LogP contribution < -0.4 is 4.72 Å². The van der Waals surface area contributed by atoms with Crippen molar-refractivity contribution in [3.05, 3.63) is 17.9 Å². The maximum Gasteiger partial charge on any atom is 0.274 e. The number of nitrogens with zero attached hydrogens (tertiary/aromatic N) is 1. The number of aliphatic hydroxyl groups is 1. The molecule has 0 aliphatic carbocycles. The van der Waals surface area contributed by atoms with Crippen LogP contribution in [-0.2, 0) is 16.6 Å². The summed E-state index contributed by atoms with van der Waals surface area (Å²) >= 11 is 0. The lowest BCUT2D eigenvalue weighted by Crippen LogP contribution is -2.39. The van der Waals surface area contributed by atoms with Crippen LogP contribution in [0.3, 0.4) is 0 Å². The number of nitrogens with one attached hydrogen (secondary N) is 1.